The number of carbonyl (C=O) groups is 1. The zero-order chi connectivity index (χ0) is 11.7. The van der Waals surface area contributed by atoms with Crippen molar-refractivity contribution in [2.45, 2.75) is 13.3 Å². The molecule has 0 saturated heterocycles. The maximum absolute atomic E-state index is 10.6. The maximum atomic E-state index is 10.6. The first-order valence-corrected chi connectivity index (χ1v) is 5.20. The van der Waals surface area contributed by atoms with E-state index in [2.05, 4.69) is 4.98 Å². The van der Waals surface area contributed by atoms with Crippen molar-refractivity contribution in [2.24, 2.45) is 0 Å². The monoisotopic (exact) mass is 235 g/mol. The first-order chi connectivity index (χ1) is 7.56. The number of carboxylic acids is 1. The normalized spacial score (nSPS) is 10.6. The number of hydrogen-bond donors (Lipinski definition) is 1. The zero-order valence-electron chi connectivity index (χ0n) is 8.70. The van der Waals surface area contributed by atoms with Gasteiger partial charge in [-0.25, -0.2) is 0 Å². The van der Waals surface area contributed by atoms with Crippen LogP contribution in [0.4, 0.5) is 0 Å². The number of aryl methyl sites for hydroxylation is 1. The van der Waals surface area contributed by atoms with Gasteiger partial charge in [-0.15, -0.1) is 0 Å². The van der Waals surface area contributed by atoms with Crippen LogP contribution in [0.15, 0.2) is 24.4 Å². The lowest BCUT2D eigenvalue weighted by molar-refractivity contribution is -0.136. The minimum Gasteiger partial charge on any atom is -0.481 e. The Balaban J connectivity index is 2.60. The van der Waals surface area contributed by atoms with E-state index in [0.717, 1.165) is 22.0 Å². The molecule has 1 aromatic carbocycles. The van der Waals surface area contributed by atoms with E-state index >= 15 is 0 Å². The quantitative estimate of drug-likeness (QED) is 0.871. The predicted octanol–water partition coefficient (Wildman–Crippen LogP) is 2.82. The number of rotatable bonds is 2. The molecule has 0 spiro atoms. The van der Waals surface area contributed by atoms with Crippen LogP contribution >= 0.6 is 11.6 Å². The predicted molar refractivity (Wildman–Crippen MR) is 62.8 cm³/mol. The van der Waals surface area contributed by atoms with Gasteiger partial charge in [-0.1, -0.05) is 17.7 Å². The van der Waals surface area contributed by atoms with Gasteiger partial charge in [0.05, 0.1) is 17.0 Å². The molecule has 4 heteroatoms. The summed E-state index contributed by atoms with van der Waals surface area (Å²) in [4.78, 5) is 14.9. The number of carboxylic acid groups (broad SMARTS) is 1. The van der Waals surface area contributed by atoms with Crippen molar-refractivity contribution in [1.29, 1.82) is 0 Å². The largest absolute Gasteiger partial charge is 0.481 e. The second-order valence-electron chi connectivity index (χ2n) is 3.71. The summed E-state index contributed by atoms with van der Waals surface area (Å²) >= 11 is 5.85. The third kappa shape index (κ3) is 2.14. The Kier molecular flexibility index (Phi) is 2.79. The molecule has 0 radical (unpaired) electrons. The summed E-state index contributed by atoms with van der Waals surface area (Å²) in [6, 6.07) is 5.45. The van der Waals surface area contributed by atoms with Crippen molar-refractivity contribution in [1.82, 2.24) is 4.98 Å². The second kappa shape index (κ2) is 4.10. The number of halogens is 1. The molecule has 2 rings (SSSR count). The van der Waals surface area contributed by atoms with Gasteiger partial charge in [-0.2, -0.15) is 0 Å². The van der Waals surface area contributed by atoms with Gasteiger partial charge in [0.25, 0.3) is 0 Å². The van der Waals surface area contributed by atoms with Crippen molar-refractivity contribution in [3.8, 4) is 0 Å². The Morgan fingerprint density at radius 2 is 2.19 bits per heavy atom. The molecular weight excluding hydrogens is 226 g/mol. The molecule has 0 aliphatic carbocycles. The van der Waals surface area contributed by atoms with Gasteiger partial charge in [0.1, 0.15) is 0 Å². The van der Waals surface area contributed by atoms with Crippen LogP contribution in [0.25, 0.3) is 10.9 Å². The Labute approximate surface area is 97.7 Å². The molecule has 82 valence electrons. The van der Waals surface area contributed by atoms with Crippen LogP contribution in [-0.2, 0) is 11.2 Å². The van der Waals surface area contributed by atoms with Crippen molar-refractivity contribution in [3.63, 3.8) is 0 Å². The highest BCUT2D eigenvalue weighted by Crippen LogP contribution is 2.22. The molecule has 0 amide bonds. The van der Waals surface area contributed by atoms with Crippen LogP contribution in [-0.4, -0.2) is 16.1 Å². The highest BCUT2D eigenvalue weighted by molar-refractivity contribution is 6.31. The molecule has 0 saturated carbocycles. The third-order valence-electron chi connectivity index (χ3n) is 2.36. The van der Waals surface area contributed by atoms with Crippen LogP contribution in [0.3, 0.4) is 0 Å². The van der Waals surface area contributed by atoms with Crippen LogP contribution in [0.5, 0.6) is 0 Å². The fourth-order valence-corrected chi connectivity index (χ4v) is 1.93. The highest BCUT2D eigenvalue weighted by Gasteiger charge is 2.06. The van der Waals surface area contributed by atoms with Gasteiger partial charge in [-0.05, 0) is 30.2 Å². The van der Waals surface area contributed by atoms with Gasteiger partial charge in [0.2, 0.25) is 0 Å². The number of nitrogens with zero attached hydrogens (tertiary/aromatic N) is 1. The minimum atomic E-state index is -0.839. The third-order valence-corrected chi connectivity index (χ3v) is 2.56. The minimum absolute atomic E-state index is 0.0172. The summed E-state index contributed by atoms with van der Waals surface area (Å²) in [5, 5.41) is 10.2. The molecule has 2 aromatic rings. The molecule has 0 unspecified atom stereocenters. The molecular formula is C12H10ClNO2. The number of benzene rings is 1. The average Bonchev–Trinajstić information content (AvgIpc) is 2.15. The van der Waals surface area contributed by atoms with E-state index in [1.54, 1.807) is 12.3 Å². The Morgan fingerprint density at radius 3 is 2.88 bits per heavy atom. The van der Waals surface area contributed by atoms with E-state index in [-0.39, 0.29) is 6.42 Å². The molecule has 1 N–H and O–H groups in total. The van der Waals surface area contributed by atoms with E-state index in [1.807, 2.05) is 19.1 Å². The van der Waals surface area contributed by atoms with E-state index in [1.165, 1.54) is 0 Å². The number of fused-ring (bicyclic) bond motifs is 1. The molecule has 0 bridgehead atoms. The summed E-state index contributed by atoms with van der Waals surface area (Å²) < 4.78 is 0. The summed E-state index contributed by atoms with van der Waals surface area (Å²) in [6.07, 6.45) is 1.61. The van der Waals surface area contributed by atoms with Gasteiger partial charge in [0, 0.05) is 11.6 Å². The van der Waals surface area contributed by atoms with E-state index in [0.29, 0.717) is 5.02 Å². The average molecular weight is 236 g/mol. The molecule has 0 fully saturated rings. The van der Waals surface area contributed by atoms with E-state index in [9.17, 15) is 4.79 Å². The Morgan fingerprint density at radius 1 is 1.44 bits per heavy atom. The van der Waals surface area contributed by atoms with Gasteiger partial charge >= 0.3 is 5.97 Å². The number of aromatic nitrogens is 1. The molecule has 1 heterocycles. The lowest BCUT2D eigenvalue weighted by Crippen LogP contribution is -2.00. The van der Waals surface area contributed by atoms with Gasteiger partial charge in [-0.3, -0.25) is 9.78 Å². The number of pyridine rings is 1. The lowest BCUT2D eigenvalue weighted by Gasteiger charge is -2.05. The summed E-state index contributed by atoms with van der Waals surface area (Å²) in [7, 11) is 0. The van der Waals surface area contributed by atoms with Crippen molar-refractivity contribution in [2.75, 3.05) is 0 Å². The summed E-state index contributed by atoms with van der Waals surface area (Å²) in [5.74, 6) is -0.839. The van der Waals surface area contributed by atoms with Crippen LogP contribution < -0.4 is 0 Å². The van der Waals surface area contributed by atoms with Crippen LogP contribution in [0.1, 0.15) is 11.1 Å². The SMILES string of the molecule is Cc1cc(CC(=O)O)cc2cc(Cl)cnc12. The van der Waals surface area contributed by atoms with E-state index < -0.39 is 5.97 Å². The molecule has 1 aromatic heterocycles. The van der Waals surface area contributed by atoms with Gasteiger partial charge in [0.15, 0.2) is 0 Å². The smallest absolute Gasteiger partial charge is 0.307 e. The van der Waals surface area contributed by atoms with Gasteiger partial charge < -0.3 is 5.11 Å². The van der Waals surface area contributed by atoms with Crippen molar-refractivity contribution >= 4 is 28.5 Å². The topological polar surface area (TPSA) is 50.2 Å². The first kappa shape index (κ1) is 10.9. The van der Waals surface area contributed by atoms with Crippen molar-refractivity contribution in [3.05, 3.63) is 40.5 Å². The number of aliphatic carboxylic acids is 1. The fraction of sp³-hybridized carbons (Fsp3) is 0.167. The second-order valence-corrected chi connectivity index (χ2v) is 4.14. The van der Waals surface area contributed by atoms with Crippen LogP contribution in [0.2, 0.25) is 5.02 Å². The molecule has 16 heavy (non-hydrogen) atoms. The summed E-state index contributed by atoms with van der Waals surface area (Å²) in [6.45, 7) is 1.91. The molecule has 3 nitrogen and oxygen atoms in total. The highest BCUT2D eigenvalue weighted by atomic mass is 35.5. The molecule has 0 atom stereocenters. The van der Waals surface area contributed by atoms with Crippen LogP contribution in [0, 0.1) is 6.92 Å². The Bertz CT molecular complexity index is 566. The lowest BCUT2D eigenvalue weighted by atomic mass is 10.0. The standard InChI is InChI=1S/C12H10ClNO2/c1-7-2-8(4-11(15)16)3-9-5-10(13)6-14-12(7)9/h2-3,5-6H,4H2,1H3,(H,15,16). The number of hydrogen-bond acceptors (Lipinski definition) is 2. The molecule has 0 aliphatic rings. The van der Waals surface area contributed by atoms with Crippen molar-refractivity contribution < 1.29 is 9.90 Å². The molecule has 0 aliphatic heterocycles. The van der Waals surface area contributed by atoms with E-state index in [4.69, 9.17) is 16.7 Å². The Hall–Kier alpha value is -1.61. The fourth-order valence-electron chi connectivity index (χ4n) is 1.76. The first-order valence-electron chi connectivity index (χ1n) is 4.83. The zero-order valence-corrected chi connectivity index (χ0v) is 9.45. The maximum Gasteiger partial charge on any atom is 0.307 e. The summed E-state index contributed by atoms with van der Waals surface area (Å²) in [5.41, 5.74) is 2.59.